The lowest BCUT2D eigenvalue weighted by Crippen LogP contribution is -2.50. The number of nitrogens with one attached hydrogen (secondary N) is 1. The summed E-state index contributed by atoms with van der Waals surface area (Å²) in [6.07, 6.45) is 7.17. The Labute approximate surface area is 148 Å². The molecule has 5 nitrogen and oxygen atoms in total. The minimum absolute atomic E-state index is 0.201. The van der Waals surface area contributed by atoms with Gasteiger partial charge in [-0.05, 0) is 36.0 Å². The van der Waals surface area contributed by atoms with Gasteiger partial charge in [-0.2, -0.15) is 8.42 Å². The van der Waals surface area contributed by atoms with E-state index >= 15 is 0 Å². The number of aromatic nitrogens is 1. The molecule has 1 aliphatic heterocycles. The molecule has 134 valence electrons. The highest BCUT2D eigenvalue weighted by Gasteiger charge is 2.40. The number of fused-ring (bicyclic) bond motifs is 2. The Morgan fingerprint density at radius 1 is 1.44 bits per heavy atom. The van der Waals surface area contributed by atoms with E-state index in [1.165, 1.54) is 22.0 Å². The Kier molecular flexibility index (Phi) is 4.22. The number of hydrogen-bond acceptors (Lipinski definition) is 4. The van der Waals surface area contributed by atoms with Crippen molar-refractivity contribution >= 4 is 21.0 Å². The molecule has 1 N–H and O–H groups in total. The molecule has 0 bridgehead atoms. The highest BCUT2D eigenvalue weighted by molar-refractivity contribution is 7.85. The third-order valence-corrected chi connectivity index (χ3v) is 6.11. The highest BCUT2D eigenvalue weighted by atomic mass is 32.2. The average Bonchev–Trinajstić information content (AvgIpc) is 2.98. The number of hydrogen-bond donors (Lipinski definition) is 1. The minimum atomic E-state index is -3.41. The quantitative estimate of drug-likeness (QED) is 0.658. The summed E-state index contributed by atoms with van der Waals surface area (Å²) in [6, 6.07) is 6.88. The molecule has 3 atom stereocenters. The molecule has 0 saturated carbocycles. The summed E-state index contributed by atoms with van der Waals surface area (Å²) < 4.78 is 27.9. The fraction of sp³-hybridized carbons (Fsp3) is 0.474. The van der Waals surface area contributed by atoms with Gasteiger partial charge in [0.05, 0.1) is 12.9 Å². The van der Waals surface area contributed by atoms with E-state index < -0.39 is 10.1 Å². The van der Waals surface area contributed by atoms with Crippen molar-refractivity contribution in [3.05, 3.63) is 48.2 Å². The van der Waals surface area contributed by atoms with Crippen LogP contribution in [-0.2, 0) is 20.7 Å². The SMILES string of the molecule is C=CCN1C[C@H](COS(C)(=O)=O)CC2c3cccc4[nH]cc(c34)C[C@H]21. The van der Waals surface area contributed by atoms with Crippen molar-refractivity contribution in [3.8, 4) is 0 Å². The Hall–Kier alpha value is -1.63. The van der Waals surface area contributed by atoms with E-state index in [0.717, 1.165) is 32.2 Å². The normalized spacial score (nSPS) is 26.5. The monoisotopic (exact) mass is 360 g/mol. The lowest BCUT2D eigenvalue weighted by Gasteiger charge is -2.46. The van der Waals surface area contributed by atoms with E-state index in [1.807, 2.05) is 6.08 Å². The number of aromatic amines is 1. The van der Waals surface area contributed by atoms with Gasteiger partial charge in [-0.3, -0.25) is 9.08 Å². The van der Waals surface area contributed by atoms with Crippen molar-refractivity contribution in [2.24, 2.45) is 5.92 Å². The van der Waals surface area contributed by atoms with Crippen LogP contribution < -0.4 is 0 Å². The molecule has 0 radical (unpaired) electrons. The number of nitrogens with zero attached hydrogens (tertiary/aromatic N) is 1. The summed E-state index contributed by atoms with van der Waals surface area (Å²) in [5, 5.41) is 1.35. The first-order valence-corrected chi connectivity index (χ1v) is 10.6. The average molecular weight is 360 g/mol. The zero-order chi connectivity index (χ0) is 17.6. The highest BCUT2D eigenvalue weighted by Crippen LogP contribution is 2.44. The van der Waals surface area contributed by atoms with Crippen LogP contribution >= 0.6 is 0 Å². The second-order valence-corrected chi connectivity index (χ2v) is 8.94. The molecule has 1 aromatic heterocycles. The van der Waals surface area contributed by atoms with Crippen LogP contribution in [0.2, 0.25) is 0 Å². The van der Waals surface area contributed by atoms with Crippen LogP contribution in [0.15, 0.2) is 37.1 Å². The van der Waals surface area contributed by atoms with Crippen molar-refractivity contribution < 1.29 is 12.6 Å². The van der Waals surface area contributed by atoms with Crippen molar-refractivity contribution in [2.75, 3.05) is 26.0 Å². The molecule has 1 saturated heterocycles. The fourth-order valence-corrected chi connectivity index (χ4v) is 5.05. The Morgan fingerprint density at radius 2 is 2.28 bits per heavy atom. The predicted molar refractivity (Wildman–Crippen MR) is 99.2 cm³/mol. The van der Waals surface area contributed by atoms with Gasteiger partial charge in [0.1, 0.15) is 0 Å². The van der Waals surface area contributed by atoms with Crippen LogP contribution in [0.5, 0.6) is 0 Å². The zero-order valence-corrected chi connectivity index (χ0v) is 15.3. The number of piperidine rings is 1. The van der Waals surface area contributed by atoms with E-state index in [2.05, 4.69) is 40.9 Å². The van der Waals surface area contributed by atoms with Crippen molar-refractivity contribution in [3.63, 3.8) is 0 Å². The number of rotatable bonds is 5. The van der Waals surface area contributed by atoms with Gasteiger partial charge in [0.2, 0.25) is 0 Å². The van der Waals surface area contributed by atoms with Crippen LogP contribution in [0.25, 0.3) is 10.9 Å². The Morgan fingerprint density at radius 3 is 3.04 bits per heavy atom. The first-order valence-electron chi connectivity index (χ1n) is 8.74. The molecule has 4 rings (SSSR count). The van der Waals surface area contributed by atoms with Gasteiger partial charge in [-0.1, -0.05) is 18.2 Å². The van der Waals surface area contributed by atoms with E-state index in [9.17, 15) is 8.42 Å². The van der Waals surface area contributed by atoms with Crippen LogP contribution in [0.1, 0.15) is 23.5 Å². The number of likely N-dealkylation sites (tertiary alicyclic amines) is 1. The zero-order valence-electron chi connectivity index (χ0n) is 14.4. The van der Waals surface area contributed by atoms with Gasteiger partial charge in [0.25, 0.3) is 10.1 Å². The topological polar surface area (TPSA) is 62.4 Å². The molecule has 1 unspecified atom stereocenters. The van der Waals surface area contributed by atoms with Crippen LogP contribution in [0.4, 0.5) is 0 Å². The molecular formula is C19H24N2O3S. The van der Waals surface area contributed by atoms with E-state index in [-0.39, 0.29) is 12.5 Å². The van der Waals surface area contributed by atoms with Gasteiger partial charge in [0, 0.05) is 42.1 Å². The molecule has 25 heavy (non-hydrogen) atoms. The molecule has 0 spiro atoms. The van der Waals surface area contributed by atoms with Gasteiger partial charge < -0.3 is 4.98 Å². The maximum atomic E-state index is 11.4. The lowest BCUT2D eigenvalue weighted by molar-refractivity contribution is 0.0736. The fourth-order valence-electron chi connectivity index (χ4n) is 4.62. The van der Waals surface area contributed by atoms with Gasteiger partial charge in [-0.15, -0.1) is 6.58 Å². The lowest BCUT2D eigenvalue weighted by atomic mass is 9.72. The number of benzene rings is 1. The maximum absolute atomic E-state index is 11.4. The van der Waals surface area contributed by atoms with Gasteiger partial charge in [0.15, 0.2) is 0 Å². The first kappa shape index (κ1) is 16.8. The summed E-state index contributed by atoms with van der Waals surface area (Å²) in [5.41, 5.74) is 3.95. The van der Waals surface area contributed by atoms with Crippen molar-refractivity contribution in [1.82, 2.24) is 9.88 Å². The van der Waals surface area contributed by atoms with E-state index in [4.69, 9.17) is 4.18 Å². The number of H-pyrrole nitrogens is 1. The summed E-state index contributed by atoms with van der Waals surface area (Å²) in [6.45, 7) is 5.81. The largest absolute Gasteiger partial charge is 0.361 e. The second kappa shape index (κ2) is 6.27. The maximum Gasteiger partial charge on any atom is 0.264 e. The van der Waals surface area contributed by atoms with Crippen LogP contribution in [-0.4, -0.2) is 50.3 Å². The molecule has 0 amide bonds. The molecule has 2 aliphatic rings. The first-order chi connectivity index (χ1) is 12.0. The van der Waals surface area contributed by atoms with Crippen LogP contribution in [0.3, 0.4) is 0 Å². The summed E-state index contributed by atoms with van der Waals surface area (Å²) in [4.78, 5) is 5.83. The van der Waals surface area contributed by atoms with E-state index in [0.29, 0.717) is 12.0 Å². The van der Waals surface area contributed by atoms with Crippen molar-refractivity contribution in [2.45, 2.75) is 24.8 Å². The van der Waals surface area contributed by atoms with Gasteiger partial charge >= 0.3 is 0 Å². The molecule has 6 heteroatoms. The Balaban J connectivity index is 1.68. The smallest absolute Gasteiger partial charge is 0.264 e. The van der Waals surface area contributed by atoms with Crippen LogP contribution in [0, 0.1) is 5.92 Å². The molecule has 1 aromatic carbocycles. The molecule has 1 aliphatic carbocycles. The third-order valence-electron chi connectivity index (χ3n) is 5.54. The summed E-state index contributed by atoms with van der Waals surface area (Å²) in [7, 11) is -3.41. The van der Waals surface area contributed by atoms with Gasteiger partial charge in [-0.25, -0.2) is 0 Å². The molecular weight excluding hydrogens is 336 g/mol. The van der Waals surface area contributed by atoms with Crippen molar-refractivity contribution in [1.29, 1.82) is 0 Å². The second-order valence-electron chi connectivity index (χ2n) is 7.29. The molecule has 1 fully saturated rings. The summed E-state index contributed by atoms with van der Waals surface area (Å²) in [5.74, 6) is 0.598. The minimum Gasteiger partial charge on any atom is -0.361 e. The Bertz CT molecular complexity index is 903. The molecule has 2 aromatic rings. The third kappa shape index (κ3) is 3.14. The standard InChI is InChI=1S/C19H24N2O3S/c1-3-7-21-11-13(12-24-25(2,22)23)8-16-15-5-4-6-17-19(15)14(10-20-17)9-18(16)21/h3-6,10,13,16,18,20H,1,7-9,11-12H2,2H3/t13-,16?,18-/m1/s1. The summed E-state index contributed by atoms with van der Waals surface area (Å²) >= 11 is 0. The van der Waals surface area contributed by atoms with E-state index in [1.54, 1.807) is 0 Å². The predicted octanol–water partition coefficient (Wildman–Crippen LogP) is 2.66. The molecule has 2 heterocycles.